The van der Waals surface area contributed by atoms with Gasteiger partial charge in [-0.15, -0.1) is 12.4 Å². The van der Waals surface area contributed by atoms with Gasteiger partial charge in [-0.1, -0.05) is 0 Å². The monoisotopic (exact) mass is 218 g/mol. The van der Waals surface area contributed by atoms with E-state index in [1.807, 2.05) is 0 Å². The van der Waals surface area contributed by atoms with Gasteiger partial charge in [0, 0.05) is 0 Å². The second-order valence-electron chi connectivity index (χ2n) is 3.21. The zero-order valence-electron chi connectivity index (χ0n) is 7.57. The van der Waals surface area contributed by atoms with Crippen LogP contribution in [0.1, 0.15) is 12.0 Å². The van der Waals surface area contributed by atoms with Gasteiger partial charge < -0.3 is 9.84 Å². The molecule has 0 saturated carbocycles. The standard InChI is InChI=1S/C10H11FO2.ClH/c11-8-2-4-10-7(5-8)1-3-9(6-12)13-10;/h2,4-5,9,12H,1,3,6H2;1H. The molecule has 0 radical (unpaired) electrons. The molecule has 78 valence electrons. The Hall–Kier alpha value is -0.800. The normalized spacial score (nSPS) is 19.1. The molecule has 2 nitrogen and oxygen atoms in total. The van der Waals surface area contributed by atoms with E-state index in [0.29, 0.717) is 5.75 Å². The van der Waals surface area contributed by atoms with Crippen LogP contribution < -0.4 is 4.74 Å². The minimum atomic E-state index is -0.232. The average molecular weight is 219 g/mol. The Bertz CT molecular complexity index is 317. The maximum Gasteiger partial charge on any atom is 0.123 e. The van der Waals surface area contributed by atoms with Crippen LogP contribution in [-0.4, -0.2) is 17.8 Å². The van der Waals surface area contributed by atoms with E-state index in [-0.39, 0.29) is 30.9 Å². The highest BCUT2D eigenvalue weighted by molar-refractivity contribution is 5.85. The first-order valence-electron chi connectivity index (χ1n) is 4.35. The summed E-state index contributed by atoms with van der Waals surface area (Å²) in [4.78, 5) is 0. The van der Waals surface area contributed by atoms with E-state index < -0.39 is 0 Å². The summed E-state index contributed by atoms with van der Waals surface area (Å²) in [6.45, 7) is 0.0246. The van der Waals surface area contributed by atoms with Crippen LogP contribution in [0.3, 0.4) is 0 Å². The smallest absolute Gasteiger partial charge is 0.123 e. The molecule has 0 saturated heterocycles. The van der Waals surface area contributed by atoms with Crippen LogP contribution in [0.5, 0.6) is 5.75 Å². The van der Waals surface area contributed by atoms with Gasteiger partial charge in [-0.25, -0.2) is 4.39 Å². The Kier molecular flexibility index (Phi) is 3.72. The largest absolute Gasteiger partial charge is 0.488 e. The van der Waals surface area contributed by atoms with Gasteiger partial charge in [0.25, 0.3) is 0 Å². The van der Waals surface area contributed by atoms with Gasteiger partial charge in [0.05, 0.1) is 6.61 Å². The molecule has 1 atom stereocenters. The molecule has 1 aromatic rings. The van der Waals surface area contributed by atoms with Crippen molar-refractivity contribution in [3.05, 3.63) is 29.6 Å². The molecule has 0 spiro atoms. The number of aliphatic hydroxyl groups is 1. The minimum Gasteiger partial charge on any atom is -0.488 e. The molecule has 1 unspecified atom stereocenters. The number of hydrogen-bond acceptors (Lipinski definition) is 2. The van der Waals surface area contributed by atoms with Crippen molar-refractivity contribution in [3.8, 4) is 5.75 Å². The highest BCUT2D eigenvalue weighted by atomic mass is 35.5. The number of aliphatic hydroxyl groups excluding tert-OH is 1. The number of rotatable bonds is 1. The number of benzene rings is 1. The van der Waals surface area contributed by atoms with E-state index in [9.17, 15) is 4.39 Å². The zero-order chi connectivity index (χ0) is 9.26. The van der Waals surface area contributed by atoms with E-state index in [0.717, 1.165) is 18.4 Å². The summed E-state index contributed by atoms with van der Waals surface area (Å²) in [7, 11) is 0. The lowest BCUT2D eigenvalue weighted by Crippen LogP contribution is -2.26. The first-order valence-corrected chi connectivity index (χ1v) is 4.35. The van der Waals surface area contributed by atoms with Crippen molar-refractivity contribution in [2.75, 3.05) is 6.61 Å². The van der Waals surface area contributed by atoms with Crippen LogP contribution in [0, 0.1) is 5.82 Å². The predicted molar refractivity (Wildman–Crippen MR) is 53.5 cm³/mol. The predicted octanol–water partition coefficient (Wildman–Crippen LogP) is 1.93. The second-order valence-corrected chi connectivity index (χ2v) is 3.21. The van der Waals surface area contributed by atoms with Crippen molar-refractivity contribution in [3.63, 3.8) is 0 Å². The summed E-state index contributed by atoms with van der Waals surface area (Å²) in [5.74, 6) is 0.469. The van der Waals surface area contributed by atoms with Crippen molar-refractivity contribution < 1.29 is 14.2 Å². The molecule has 2 rings (SSSR count). The fourth-order valence-electron chi connectivity index (χ4n) is 1.54. The number of hydrogen-bond donors (Lipinski definition) is 1. The third kappa shape index (κ3) is 2.16. The highest BCUT2D eigenvalue weighted by Crippen LogP contribution is 2.27. The van der Waals surface area contributed by atoms with E-state index >= 15 is 0 Å². The molecule has 1 N–H and O–H groups in total. The summed E-state index contributed by atoms with van der Waals surface area (Å²) in [6, 6.07) is 4.48. The average Bonchev–Trinajstić information content (AvgIpc) is 2.17. The lowest BCUT2D eigenvalue weighted by molar-refractivity contribution is 0.0976. The second kappa shape index (κ2) is 4.62. The molecule has 0 aromatic heterocycles. The van der Waals surface area contributed by atoms with Crippen LogP contribution in [-0.2, 0) is 6.42 Å². The summed E-state index contributed by atoms with van der Waals surface area (Å²) in [5.41, 5.74) is 0.893. The third-order valence-corrected chi connectivity index (χ3v) is 2.26. The van der Waals surface area contributed by atoms with Crippen molar-refractivity contribution in [2.45, 2.75) is 18.9 Å². The number of aryl methyl sites for hydroxylation is 1. The van der Waals surface area contributed by atoms with E-state index in [2.05, 4.69) is 0 Å². The SMILES string of the molecule is Cl.OCC1CCc2cc(F)ccc2O1. The lowest BCUT2D eigenvalue weighted by atomic mass is 10.0. The minimum absolute atomic E-state index is 0. The van der Waals surface area contributed by atoms with Crippen LogP contribution in [0.2, 0.25) is 0 Å². The Labute approximate surface area is 88.1 Å². The Morgan fingerprint density at radius 3 is 3.00 bits per heavy atom. The summed E-state index contributed by atoms with van der Waals surface area (Å²) < 4.78 is 18.2. The first-order chi connectivity index (χ1) is 6.29. The van der Waals surface area contributed by atoms with Gasteiger partial charge in [-0.05, 0) is 36.6 Å². The molecule has 4 heteroatoms. The molecule has 14 heavy (non-hydrogen) atoms. The molecule has 0 fully saturated rings. The zero-order valence-corrected chi connectivity index (χ0v) is 8.39. The van der Waals surface area contributed by atoms with Gasteiger partial charge in [0.15, 0.2) is 0 Å². The van der Waals surface area contributed by atoms with Crippen LogP contribution in [0.4, 0.5) is 4.39 Å². The molecular weight excluding hydrogens is 207 g/mol. The molecule has 0 aliphatic carbocycles. The molecule has 1 aliphatic heterocycles. The highest BCUT2D eigenvalue weighted by Gasteiger charge is 2.18. The van der Waals surface area contributed by atoms with Crippen molar-refractivity contribution in [1.29, 1.82) is 0 Å². The van der Waals surface area contributed by atoms with Gasteiger partial charge in [0.1, 0.15) is 17.7 Å². The Balaban J connectivity index is 0.000000980. The fraction of sp³-hybridized carbons (Fsp3) is 0.400. The Morgan fingerprint density at radius 2 is 2.29 bits per heavy atom. The van der Waals surface area contributed by atoms with Crippen LogP contribution in [0.15, 0.2) is 18.2 Å². The maximum atomic E-state index is 12.8. The topological polar surface area (TPSA) is 29.5 Å². The number of halogens is 2. The summed E-state index contributed by atoms with van der Waals surface area (Å²) in [5, 5.41) is 8.87. The van der Waals surface area contributed by atoms with Gasteiger partial charge >= 0.3 is 0 Å². The van der Waals surface area contributed by atoms with Crippen LogP contribution in [0.25, 0.3) is 0 Å². The van der Waals surface area contributed by atoms with Crippen molar-refractivity contribution in [2.24, 2.45) is 0 Å². The van der Waals surface area contributed by atoms with E-state index in [1.54, 1.807) is 6.07 Å². The molecular formula is C10H12ClFO2. The van der Waals surface area contributed by atoms with E-state index in [4.69, 9.17) is 9.84 Å². The number of ether oxygens (including phenoxy) is 1. The first kappa shape index (κ1) is 11.3. The van der Waals surface area contributed by atoms with E-state index in [1.165, 1.54) is 12.1 Å². The molecule has 1 aliphatic rings. The number of fused-ring (bicyclic) bond motifs is 1. The lowest BCUT2D eigenvalue weighted by Gasteiger charge is -2.24. The Morgan fingerprint density at radius 1 is 1.50 bits per heavy atom. The van der Waals surface area contributed by atoms with Gasteiger partial charge in [-0.3, -0.25) is 0 Å². The molecule has 1 heterocycles. The summed E-state index contributed by atoms with van der Waals surface area (Å²) in [6.07, 6.45) is 1.41. The van der Waals surface area contributed by atoms with Crippen molar-refractivity contribution >= 4 is 12.4 Å². The summed E-state index contributed by atoms with van der Waals surface area (Å²) >= 11 is 0. The maximum absolute atomic E-state index is 12.8. The molecule has 0 amide bonds. The quantitative estimate of drug-likeness (QED) is 0.781. The van der Waals surface area contributed by atoms with Gasteiger partial charge in [-0.2, -0.15) is 0 Å². The van der Waals surface area contributed by atoms with Crippen molar-refractivity contribution in [1.82, 2.24) is 0 Å². The third-order valence-electron chi connectivity index (χ3n) is 2.26. The fourth-order valence-corrected chi connectivity index (χ4v) is 1.54. The van der Waals surface area contributed by atoms with Gasteiger partial charge in [0.2, 0.25) is 0 Å². The molecule has 1 aromatic carbocycles. The van der Waals surface area contributed by atoms with Crippen LogP contribution >= 0.6 is 12.4 Å². The molecule has 0 bridgehead atoms.